The maximum Gasteiger partial charge on any atom is 0.231 e. The molecule has 2 aliphatic rings. The summed E-state index contributed by atoms with van der Waals surface area (Å²) < 4.78 is 10.4. The first-order chi connectivity index (χ1) is 6.84. The molecule has 3 rings (SSSR count). The summed E-state index contributed by atoms with van der Waals surface area (Å²) in [5, 5.41) is 9.55. The lowest BCUT2D eigenvalue weighted by molar-refractivity contribution is 0.174. The van der Waals surface area contributed by atoms with Crippen LogP contribution in [0.4, 0.5) is 5.69 Å². The van der Waals surface area contributed by atoms with E-state index in [0.29, 0.717) is 17.1 Å². The van der Waals surface area contributed by atoms with Gasteiger partial charge in [-0.25, -0.2) is 0 Å². The average Bonchev–Trinajstić information content (AvgIpc) is 2.62. The molecule has 0 aliphatic carbocycles. The molecule has 1 aromatic carbocycles. The Balaban J connectivity index is 2.19. The molecular weight excluding hydrogens is 184 g/mol. The molecule has 0 unspecified atom stereocenters. The van der Waals surface area contributed by atoms with Crippen LogP contribution in [0.2, 0.25) is 0 Å². The molecule has 0 spiro atoms. The number of nitrogens with one attached hydrogen (secondary N) is 2. The molecular formula is C9H8N2O3. The van der Waals surface area contributed by atoms with E-state index in [9.17, 15) is 5.11 Å². The number of hydrazine groups is 1. The van der Waals surface area contributed by atoms with Gasteiger partial charge in [-0.1, -0.05) is 0 Å². The molecule has 0 bridgehead atoms. The van der Waals surface area contributed by atoms with Crippen LogP contribution in [-0.4, -0.2) is 11.9 Å². The van der Waals surface area contributed by atoms with Crippen LogP contribution in [0.25, 0.3) is 5.76 Å². The Labute approximate surface area is 79.9 Å². The SMILES string of the molecule is OC1=CNNc2cc3c(cc21)OCO3. The lowest BCUT2D eigenvalue weighted by Crippen LogP contribution is -2.20. The van der Waals surface area contributed by atoms with E-state index >= 15 is 0 Å². The number of ether oxygens (including phenoxy) is 2. The molecule has 5 nitrogen and oxygen atoms in total. The number of hydrogen-bond acceptors (Lipinski definition) is 5. The van der Waals surface area contributed by atoms with E-state index in [2.05, 4.69) is 10.9 Å². The third kappa shape index (κ3) is 0.891. The minimum absolute atomic E-state index is 0.178. The van der Waals surface area contributed by atoms with Crippen molar-refractivity contribution >= 4 is 11.4 Å². The highest BCUT2D eigenvalue weighted by Gasteiger charge is 2.20. The molecule has 2 aliphatic heterocycles. The van der Waals surface area contributed by atoms with Gasteiger partial charge in [-0.3, -0.25) is 0 Å². The molecule has 0 fully saturated rings. The number of benzene rings is 1. The van der Waals surface area contributed by atoms with Crippen LogP contribution in [0.15, 0.2) is 18.3 Å². The van der Waals surface area contributed by atoms with Crippen LogP contribution in [-0.2, 0) is 0 Å². The van der Waals surface area contributed by atoms with Gasteiger partial charge in [0, 0.05) is 11.6 Å². The highest BCUT2D eigenvalue weighted by Crippen LogP contribution is 2.39. The van der Waals surface area contributed by atoms with Gasteiger partial charge in [0.05, 0.1) is 11.9 Å². The molecule has 0 aromatic heterocycles. The summed E-state index contributed by atoms with van der Waals surface area (Å²) in [6, 6.07) is 3.53. The number of aliphatic hydroxyl groups excluding tert-OH is 1. The summed E-state index contributed by atoms with van der Waals surface area (Å²) in [5.41, 5.74) is 7.10. The van der Waals surface area contributed by atoms with Gasteiger partial charge < -0.3 is 25.4 Å². The second-order valence-electron chi connectivity index (χ2n) is 3.05. The molecule has 2 heterocycles. The summed E-state index contributed by atoms with van der Waals surface area (Å²) in [6.45, 7) is 0.232. The summed E-state index contributed by atoms with van der Waals surface area (Å²) in [6.07, 6.45) is 1.48. The molecule has 72 valence electrons. The number of fused-ring (bicyclic) bond motifs is 2. The minimum Gasteiger partial charge on any atom is -0.506 e. The Hall–Kier alpha value is -2.04. The van der Waals surface area contributed by atoms with Gasteiger partial charge >= 0.3 is 0 Å². The molecule has 0 atom stereocenters. The van der Waals surface area contributed by atoms with Crippen LogP contribution in [0, 0.1) is 0 Å². The van der Waals surface area contributed by atoms with E-state index in [1.54, 1.807) is 12.1 Å². The molecule has 0 saturated heterocycles. The van der Waals surface area contributed by atoms with Crippen LogP contribution >= 0.6 is 0 Å². The highest BCUT2D eigenvalue weighted by molar-refractivity contribution is 5.77. The molecule has 0 amide bonds. The van der Waals surface area contributed by atoms with Crippen LogP contribution in [0.5, 0.6) is 11.5 Å². The second kappa shape index (κ2) is 2.47. The Morgan fingerprint density at radius 2 is 2.00 bits per heavy atom. The maximum absolute atomic E-state index is 9.55. The summed E-state index contributed by atoms with van der Waals surface area (Å²) >= 11 is 0. The molecule has 3 N–H and O–H groups in total. The molecule has 1 aromatic rings. The zero-order valence-electron chi connectivity index (χ0n) is 7.20. The number of anilines is 1. The molecule has 0 radical (unpaired) electrons. The smallest absolute Gasteiger partial charge is 0.231 e. The lowest BCUT2D eigenvalue weighted by atomic mass is 10.1. The van der Waals surface area contributed by atoms with E-state index in [4.69, 9.17) is 9.47 Å². The fourth-order valence-corrected chi connectivity index (χ4v) is 1.52. The van der Waals surface area contributed by atoms with Gasteiger partial charge in [0.25, 0.3) is 0 Å². The van der Waals surface area contributed by atoms with Gasteiger partial charge in [0.15, 0.2) is 11.5 Å². The van der Waals surface area contributed by atoms with E-state index in [1.165, 1.54) is 6.20 Å². The Morgan fingerprint density at radius 1 is 1.21 bits per heavy atom. The van der Waals surface area contributed by atoms with Crippen molar-refractivity contribution in [3.05, 3.63) is 23.9 Å². The molecule has 14 heavy (non-hydrogen) atoms. The van der Waals surface area contributed by atoms with Crippen molar-refractivity contribution in [3.8, 4) is 11.5 Å². The van der Waals surface area contributed by atoms with Crippen molar-refractivity contribution in [2.75, 3.05) is 12.2 Å². The highest BCUT2D eigenvalue weighted by atomic mass is 16.7. The second-order valence-corrected chi connectivity index (χ2v) is 3.05. The summed E-state index contributed by atoms with van der Waals surface area (Å²) in [4.78, 5) is 0. The van der Waals surface area contributed by atoms with Gasteiger partial charge in [0.1, 0.15) is 5.76 Å². The zero-order valence-corrected chi connectivity index (χ0v) is 7.20. The van der Waals surface area contributed by atoms with Gasteiger partial charge in [-0.2, -0.15) is 0 Å². The third-order valence-corrected chi connectivity index (χ3v) is 2.20. The van der Waals surface area contributed by atoms with E-state index in [0.717, 1.165) is 5.69 Å². The predicted octanol–water partition coefficient (Wildman–Crippen LogP) is 1.20. The number of rotatable bonds is 0. The Morgan fingerprint density at radius 3 is 2.86 bits per heavy atom. The lowest BCUT2D eigenvalue weighted by Gasteiger charge is -2.17. The van der Waals surface area contributed by atoms with E-state index in [1.807, 2.05) is 0 Å². The number of hydrogen-bond donors (Lipinski definition) is 3. The van der Waals surface area contributed by atoms with Crippen molar-refractivity contribution in [2.45, 2.75) is 0 Å². The first-order valence-corrected chi connectivity index (χ1v) is 4.19. The predicted molar refractivity (Wildman–Crippen MR) is 49.9 cm³/mol. The molecule has 5 heteroatoms. The maximum atomic E-state index is 9.55. The van der Waals surface area contributed by atoms with Crippen molar-refractivity contribution in [1.29, 1.82) is 0 Å². The van der Waals surface area contributed by atoms with Crippen LogP contribution in [0.1, 0.15) is 5.56 Å². The monoisotopic (exact) mass is 192 g/mol. The summed E-state index contributed by atoms with van der Waals surface area (Å²) in [5.74, 6) is 1.53. The standard InChI is InChI=1S/C9H8N2O3/c12-7-3-10-11-6-2-9-8(1-5(6)7)13-4-14-9/h1-3,10-12H,4H2. The quantitative estimate of drug-likeness (QED) is 0.576. The number of aliphatic hydroxyl groups is 1. The zero-order chi connectivity index (χ0) is 9.54. The van der Waals surface area contributed by atoms with Crippen molar-refractivity contribution in [2.24, 2.45) is 0 Å². The van der Waals surface area contributed by atoms with Gasteiger partial charge in [-0.15, -0.1) is 0 Å². The average molecular weight is 192 g/mol. The van der Waals surface area contributed by atoms with E-state index < -0.39 is 0 Å². The largest absolute Gasteiger partial charge is 0.506 e. The summed E-state index contributed by atoms with van der Waals surface area (Å²) in [7, 11) is 0. The van der Waals surface area contributed by atoms with Crippen LogP contribution in [0.3, 0.4) is 0 Å². The fourth-order valence-electron chi connectivity index (χ4n) is 1.52. The molecule has 0 saturated carbocycles. The van der Waals surface area contributed by atoms with Crippen LogP contribution < -0.4 is 20.3 Å². The first-order valence-electron chi connectivity index (χ1n) is 4.19. The first kappa shape index (κ1) is 7.37. The van der Waals surface area contributed by atoms with Gasteiger partial charge in [-0.05, 0) is 6.07 Å². The fraction of sp³-hybridized carbons (Fsp3) is 0.111. The Kier molecular flexibility index (Phi) is 1.30. The van der Waals surface area contributed by atoms with E-state index in [-0.39, 0.29) is 12.6 Å². The topological polar surface area (TPSA) is 62.8 Å². The van der Waals surface area contributed by atoms with Crippen molar-refractivity contribution in [3.63, 3.8) is 0 Å². The third-order valence-electron chi connectivity index (χ3n) is 2.20. The minimum atomic E-state index is 0.178. The van der Waals surface area contributed by atoms with Gasteiger partial charge in [0.2, 0.25) is 6.79 Å². The Bertz CT molecular complexity index is 428. The van der Waals surface area contributed by atoms with Crippen molar-refractivity contribution in [1.82, 2.24) is 5.43 Å². The normalized spacial score (nSPS) is 16.4. The van der Waals surface area contributed by atoms with Crippen molar-refractivity contribution < 1.29 is 14.6 Å².